The maximum Gasteiger partial charge on any atom is 0.376 e. The zero-order valence-electron chi connectivity index (χ0n) is 9.40. The van der Waals surface area contributed by atoms with E-state index in [9.17, 15) is 4.79 Å². The monoisotopic (exact) mass is 225 g/mol. The number of esters is 1. The molecule has 1 N–H and O–H groups in total. The number of ether oxygens (including phenoxy) is 2. The highest BCUT2D eigenvalue weighted by molar-refractivity contribution is 5.85. The Balaban J connectivity index is 2.60. The van der Waals surface area contributed by atoms with Gasteiger partial charge in [-0.3, -0.25) is 0 Å². The van der Waals surface area contributed by atoms with Crippen molar-refractivity contribution in [2.24, 2.45) is 0 Å². The van der Waals surface area contributed by atoms with E-state index in [0.29, 0.717) is 25.6 Å². The van der Waals surface area contributed by atoms with Crippen LogP contribution in [0.15, 0.2) is 12.3 Å². The lowest BCUT2D eigenvalue weighted by Gasteiger charge is -2.05. The average Bonchev–Trinajstić information content (AvgIpc) is 2.30. The number of nitrogens with zero attached hydrogens (tertiary/aromatic N) is 2. The summed E-state index contributed by atoms with van der Waals surface area (Å²) in [7, 11) is 1.62. The molecule has 0 saturated heterocycles. The molecule has 0 atom stereocenters. The molecular weight excluding hydrogens is 210 g/mol. The molecule has 0 aliphatic heterocycles. The molecule has 1 heterocycles. The number of hydrogen-bond donors (Lipinski definition) is 1. The van der Waals surface area contributed by atoms with Gasteiger partial charge in [-0.25, -0.2) is 14.8 Å². The van der Waals surface area contributed by atoms with Crippen LogP contribution in [0.3, 0.4) is 0 Å². The molecule has 6 heteroatoms. The van der Waals surface area contributed by atoms with Crippen LogP contribution in [0, 0.1) is 0 Å². The fourth-order valence-corrected chi connectivity index (χ4v) is 1.03. The van der Waals surface area contributed by atoms with Gasteiger partial charge in [0.2, 0.25) is 5.82 Å². The van der Waals surface area contributed by atoms with Gasteiger partial charge in [0.1, 0.15) is 5.82 Å². The molecule has 0 fully saturated rings. The Morgan fingerprint density at radius 2 is 2.38 bits per heavy atom. The van der Waals surface area contributed by atoms with Crippen molar-refractivity contribution in [2.45, 2.75) is 6.92 Å². The van der Waals surface area contributed by atoms with Crippen LogP contribution in [0.25, 0.3) is 0 Å². The van der Waals surface area contributed by atoms with E-state index in [4.69, 9.17) is 9.47 Å². The van der Waals surface area contributed by atoms with Crippen LogP contribution in [0.1, 0.15) is 17.5 Å². The van der Waals surface area contributed by atoms with Crippen LogP contribution >= 0.6 is 0 Å². The number of nitrogens with one attached hydrogen (secondary N) is 1. The molecule has 0 bridgehead atoms. The summed E-state index contributed by atoms with van der Waals surface area (Å²) in [6, 6.07) is 1.68. The molecule has 1 aromatic heterocycles. The highest BCUT2D eigenvalue weighted by Gasteiger charge is 2.10. The molecule has 88 valence electrons. The zero-order chi connectivity index (χ0) is 11.8. The summed E-state index contributed by atoms with van der Waals surface area (Å²) >= 11 is 0. The van der Waals surface area contributed by atoms with Gasteiger partial charge >= 0.3 is 5.97 Å². The molecule has 0 saturated carbocycles. The van der Waals surface area contributed by atoms with Gasteiger partial charge in [-0.2, -0.15) is 0 Å². The fourth-order valence-electron chi connectivity index (χ4n) is 1.03. The third-order valence-corrected chi connectivity index (χ3v) is 1.73. The Labute approximate surface area is 94.0 Å². The van der Waals surface area contributed by atoms with Crippen molar-refractivity contribution in [3.8, 4) is 0 Å². The fraction of sp³-hybridized carbons (Fsp3) is 0.500. The van der Waals surface area contributed by atoms with Crippen LogP contribution < -0.4 is 5.32 Å². The molecular formula is C10H15N3O3. The summed E-state index contributed by atoms with van der Waals surface area (Å²) < 4.78 is 9.67. The van der Waals surface area contributed by atoms with E-state index in [1.807, 2.05) is 0 Å². The SMILES string of the molecule is CCOC(=O)c1nccc(NCCOC)n1. The first-order chi connectivity index (χ1) is 7.77. The average molecular weight is 225 g/mol. The number of methoxy groups -OCH3 is 1. The Morgan fingerprint density at radius 3 is 3.06 bits per heavy atom. The van der Waals surface area contributed by atoms with E-state index in [2.05, 4.69) is 15.3 Å². The normalized spacial score (nSPS) is 9.88. The molecule has 0 unspecified atom stereocenters. The maximum absolute atomic E-state index is 11.3. The second kappa shape index (κ2) is 6.73. The van der Waals surface area contributed by atoms with E-state index in [0.717, 1.165) is 0 Å². The Kier molecular flexibility index (Phi) is 5.21. The number of anilines is 1. The number of carbonyl (C=O) groups excluding carboxylic acids is 1. The van der Waals surface area contributed by atoms with Crippen molar-refractivity contribution in [2.75, 3.05) is 32.2 Å². The van der Waals surface area contributed by atoms with Gasteiger partial charge < -0.3 is 14.8 Å². The third-order valence-electron chi connectivity index (χ3n) is 1.73. The quantitative estimate of drug-likeness (QED) is 0.568. The summed E-state index contributed by atoms with van der Waals surface area (Å²) in [6.07, 6.45) is 1.51. The minimum Gasteiger partial charge on any atom is -0.460 e. The first-order valence-electron chi connectivity index (χ1n) is 5.01. The summed E-state index contributed by atoms with van der Waals surface area (Å²) in [6.45, 7) is 3.23. The summed E-state index contributed by atoms with van der Waals surface area (Å²) in [4.78, 5) is 19.2. The minimum absolute atomic E-state index is 0.0595. The lowest BCUT2D eigenvalue weighted by atomic mass is 10.5. The lowest BCUT2D eigenvalue weighted by molar-refractivity contribution is 0.0512. The van der Waals surface area contributed by atoms with Gasteiger partial charge in [-0.1, -0.05) is 0 Å². The van der Waals surface area contributed by atoms with Crippen molar-refractivity contribution < 1.29 is 14.3 Å². The van der Waals surface area contributed by atoms with Gasteiger partial charge in [-0.05, 0) is 13.0 Å². The molecule has 16 heavy (non-hydrogen) atoms. The molecule has 0 spiro atoms. The number of rotatable bonds is 6. The van der Waals surface area contributed by atoms with Crippen molar-refractivity contribution in [3.63, 3.8) is 0 Å². The molecule has 0 amide bonds. The Hall–Kier alpha value is -1.69. The number of aromatic nitrogens is 2. The van der Waals surface area contributed by atoms with Crippen LogP contribution in [-0.4, -0.2) is 42.8 Å². The molecule has 1 rings (SSSR count). The Morgan fingerprint density at radius 1 is 1.56 bits per heavy atom. The van der Waals surface area contributed by atoms with E-state index in [1.165, 1.54) is 6.20 Å². The van der Waals surface area contributed by atoms with Crippen LogP contribution in [0.4, 0.5) is 5.82 Å². The van der Waals surface area contributed by atoms with E-state index in [1.54, 1.807) is 20.1 Å². The van der Waals surface area contributed by atoms with Crippen molar-refractivity contribution >= 4 is 11.8 Å². The van der Waals surface area contributed by atoms with Crippen LogP contribution in [0.2, 0.25) is 0 Å². The van der Waals surface area contributed by atoms with Gasteiger partial charge in [0.05, 0.1) is 13.2 Å². The topological polar surface area (TPSA) is 73.3 Å². The van der Waals surface area contributed by atoms with Gasteiger partial charge in [0, 0.05) is 19.9 Å². The third kappa shape index (κ3) is 3.82. The van der Waals surface area contributed by atoms with Crippen LogP contribution in [0.5, 0.6) is 0 Å². The summed E-state index contributed by atoms with van der Waals surface area (Å²) in [5.41, 5.74) is 0. The molecule has 6 nitrogen and oxygen atoms in total. The molecule has 0 aromatic carbocycles. The van der Waals surface area contributed by atoms with Gasteiger partial charge in [0.25, 0.3) is 0 Å². The van der Waals surface area contributed by atoms with Crippen LogP contribution in [-0.2, 0) is 9.47 Å². The van der Waals surface area contributed by atoms with Crippen molar-refractivity contribution in [3.05, 3.63) is 18.1 Å². The standard InChI is InChI=1S/C10H15N3O3/c1-3-16-10(14)9-12-5-4-8(13-9)11-6-7-15-2/h4-5H,3,6-7H2,1-2H3,(H,11,12,13). The van der Waals surface area contributed by atoms with E-state index < -0.39 is 5.97 Å². The maximum atomic E-state index is 11.3. The van der Waals surface area contributed by atoms with Crippen molar-refractivity contribution in [1.29, 1.82) is 0 Å². The second-order valence-electron chi connectivity index (χ2n) is 2.91. The number of hydrogen-bond acceptors (Lipinski definition) is 6. The highest BCUT2D eigenvalue weighted by Crippen LogP contribution is 2.02. The molecule has 0 aliphatic carbocycles. The predicted octanol–water partition coefficient (Wildman–Crippen LogP) is 0.712. The lowest BCUT2D eigenvalue weighted by Crippen LogP contribution is -2.13. The molecule has 1 aromatic rings. The largest absolute Gasteiger partial charge is 0.460 e. The van der Waals surface area contributed by atoms with Crippen molar-refractivity contribution in [1.82, 2.24) is 9.97 Å². The second-order valence-corrected chi connectivity index (χ2v) is 2.91. The first-order valence-corrected chi connectivity index (χ1v) is 5.01. The highest BCUT2D eigenvalue weighted by atomic mass is 16.5. The molecule has 0 radical (unpaired) electrons. The van der Waals surface area contributed by atoms with E-state index >= 15 is 0 Å². The Bertz CT molecular complexity index is 344. The van der Waals surface area contributed by atoms with E-state index in [-0.39, 0.29) is 5.82 Å². The smallest absolute Gasteiger partial charge is 0.376 e. The summed E-state index contributed by atoms with van der Waals surface area (Å²) in [5.74, 6) is 0.122. The first kappa shape index (κ1) is 12.4. The van der Waals surface area contributed by atoms with Gasteiger partial charge in [-0.15, -0.1) is 0 Å². The van der Waals surface area contributed by atoms with Gasteiger partial charge in [0.15, 0.2) is 0 Å². The summed E-state index contributed by atoms with van der Waals surface area (Å²) in [5, 5.41) is 3.00. The predicted molar refractivity (Wildman–Crippen MR) is 58.4 cm³/mol. The zero-order valence-corrected chi connectivity index (χ0v) is 9.40. The molecule has 0 aliphatic rings. The number of carbonyl (C=O) groups is 1. The minimum atomic E-state index is -0.516.